The molecule has 1 rings (SSSR count). The molecule has 1 aromatic rings. The number of hydrogen-bond donors (Lipinski definition) is 1. The number of alkyl halides is 1. The van der Waals surface area contributed by atoms with E-state index in [2.05, 4.69) is 5.32 Å². The van der Waals surface area contributed by atoms with E-state index in [0.717, 1.165) is 0 Å². The fourth-order valence-electron chi connectivity index (χ4n) is 1.29. The number of rotatable bonds is 5. The average molecular weight is 262 g/mol. The number of nitrogens with one attached hydrogen (secondary N) is 1. The maximum Gasteiger partial charge on any atom is 0.180 e. The van der Waals surface area contributed by atoms with Crippen LogP contribution in [0.25, 0.3) is 0 Å². The van der Waals surface area contributed by atoms with Crippen LogP contribution in [-0.2, 0) is 9.84 Å². The van der Waals surface area contributed by atoms with Crippen molar-refractivity contribution in [1.29, 1.82) is 0 Å². The lowest BCUT2D eigenvalue weighted by Crippen LogP contribution is -2.14. The van der Waals surface area contributed by atoms with Gasteiger partial charge in [-0.05, 0) is 19.1 Å². The molecule has 0 radical (unpaired) electrons. The summed E-state index contributed by atoms with van der Waals surface area (Å²) < 4.78 is 23.6. The number of sulfone groups is 1. The molecule has 0 heterocycles. The zero-order valence-electron chi connectivity index (χ0n) is 9.40. The van der Waals surface area contributed by atoms with Crippen LogP contribution in [0.3, 0.4) is 0 Å². The van der Waals surface area contributed by atoms with E-state index in [1.54, 1.807) is 31.2 Å². The molecule has 1 atom stereocenters. The first kappa shape index (κ1) is 13.3. The van der Waals surface area contributed by atoms with Gasteiger partial charge in [-0.1, -0.05) is 19.1 Å². The molecule has 1 N–H and O–H groups in total. The van der Waals surface area contributed by atoms with Crippen LogP contribution in [0, 0.1) is 0 Å². The normalized spacial score (nSPS) is 13.4. The SMILES string of the molecule is CCS(=O)(=O)c1ccccc1NCC(C)Cl. The fraction of sp³-hybridized carbons (Fsp3) is 0.455. The van der Waals surface area contributed by atoms with Gasteiger partial charge in [0.05, 0.1) is 16.3 Å². The van der Waals surface area contributed by atoms with Crippen LogP contribution in [0.15, 0.2) is 29.2 Å². The van der Waals surface area contributed by atoms with Crippen LogP contribution < -0.4 is 5.32 Å². The minimum atomic E-state index is -3.18. The summed E-state index contributed by atoms with van der Waals surface area (Å²) in [4.78, 5) is 0.342. The quantitative estimate of drug-likeness (QED) is 0.829. The van der Waals surface area contributed by atoms with E-state index < -0.39 is 9.84 Å². The molecule has 0 spiro atoms. The molecule has 0 amide bonds. The van der Waals surface area contributed by atoms with Crippen LogP contribution in [0.2, 0.25) is 0 Å². The van der Waals surface area contributed by atoms with Gasteiger partial charge in [0.1, 0.15) is 0 Å². The van der Waals surface area contributed by atoms with Crippen molar-refractivity contribution in [1.82, 2.24) is 0 Å². The second-order valence-electron chi connectivity index (χ2n) is 3.56. The third kappa shape index (κ3) is 3.39. The average Bonchev–Trinajstić information content (AvgIpc) is 2.26. The zero-order valence-corrected chi connectivity index (χ0v) is 11.0. The lowest BCUT2D eigenvalue weighted by molar-refractivity contribution is 0.597. The van der Waals surface area contributed by atoms with E-state index in [1.165, 1.54) is 0 Å². The maximum absolute atomic E-state index is 11.8. The van der Waals surface area contributed by atoms with Gasteiger partial charge in [0.15, 0.2) is 9.84 Å². The molecular formula is C11H16ClNO2S. The first-order chi connectivity index (χ1) is 7.47. The number of halogens is 1. The van der Waals surface area contributed by atoms with Gasteiger partial charge in [-0.2, -0.15) is 0 Å². The van der Waals surface area contributed by atoms with Crippen molar-refractivity contribution in [3.63, 3.8) is 0 Å². The Labute approximate surface area is 102 Å². The molecule has 0 bridgehead atoms. The molecule has 0 fully saturated rings. The number of anilines is 1. The minimum Gasteiger partial charge on any atom is -0.383 e. The molecule has 0 saturated carbocycles. The molecule has 90 valence electrons. The molecule has 5 heteroatoms. The lowest BCUT2D eigenvalue weighted by Gasteiger charge is -2.12. The topological polar surface area (TPSA) is 46.2 Å². The molecule has 0 aliphatic rings. The van der Waals surface area contributed by atoms with Crippen molar-refractivity contribution < 1.29 is 8.42 Å². The lowest BCUT2D eigenvalue weighted by atomic mass is 10.3. The molecule has 0 aromatic heterocycles. The fourth-order valence-corrected chi connectivity index (χ4v) is 2.44. The highest BCUT2D eigenvalue weighted by molar-refractivity contribution is 7.91. The Morgan fingerprint density at radius 1 is 1.38 bits per heavy atom. The van der Waals surface area contributed by atoms with Gasteiger partial charge in [0.25, 0.3) is 0 Å². The van der Waals surface area contributed by atoms with E-state index in [1.807, 2.05) is 6.92 Å². The van der Waals surface area contributed by atoms with Crippen molar-refractivity contribution in [3.8, 4) is 0 Å². The molecule has 0 aliphatic heterocycles. The largest absolute Gasteiger partial charge is 0.383 e. The van der Waals surface area contributed by atoms with E-state index in [9.17, 15) is 8.42 Å². The monoisotopic (exact) mass is 261 g/mol. The molecule has 0 aliphatic carbocycles. The maximum atomic E-state index is 11.8. The molecule has 1 unspecified atom stereocenters. The van der Waals surface area contributed by atoms with E-state index in [-0.39, 0.29) is 11.1 Å². The molecule has 16 heavy (non-hydrogen) atoms. The Hall–Kier alpha value is -0.740. The third-order valence-corrected chi connectivity index (χ3v) is 4.12. The standard InChI is InChI=1S/C11H16ClNO2S/c1-3-16(14,15)11-7-5-4-6-10(11)13-8-9(2)12/h4-7,9,13H,3,8H2,1-2H3. The summed E-state index contributed by atoms with van der Waals surface area (Å²) in [6, 6.07) is 6.88. The summed E-state index contributed by atoms with van der Waals surface area (Å²) in [5, 5.41) is 3.00. The number of benzene rings is 1. The van der Waals surface area contributed by atoms with Gasteiger partial charge in [-0.25, -0.2) is 8.42 Å². The van der Waals surface area contributed by atoms with E-state index in [0.29, 0.717) is 17.1 Å². The number of hydrogen-bond acceptors (Lipinski definition) is 3. The van der Waals surface area contributed by atoms with Crippen LogP contribution in [0.4, 0.5) is 5.69 Å². The second-order valence-corrected chi connectivity index (χ2v) is 6.55. The van der Waals surface area contributed by atoms with Gasteiger partial charge in [0, 0.05) is 11.9 Å². The van der Waals surface area contributed by atoms with Gasteiger partial charge in [-0.15, -0.1) is 11.6 Å². The molecule has 3 nitrogen and oxygen atoms in total. The Bertz CT molecular complexity index is 443. The molecule has 1 aromatic carbocycles. The highest BCUT2D eigenvalue weighted by atomic mass is 35.5. The van der Waals surface area contributed by atoms with Crippen molar-refractivity contribution >= 4 is 27.1 Å². The summed E-state index contributed by atoms with van der Waals surface area (Å²) >= 11 is 5.82. The Morgan fingerprint density at radius 3 is 2.56 bits per heavy atom. The zero-order chi connectivity index (χ0) is 12.2. The highest BCUT2D eigenvalue weighted by Gasteiger charge is 2.15. The summed E-state index contributed by atoms with van der Waals surface area (Å²) in [6.07, 6.45) is 0. The number of para-hydroxylation sites is 1. The van der Waals surface area contributed by atoms with Gasteiger partial charge < -0.3 is 5.32 Å². The molecular weight excluding hydrogens is 246 g/mol. The van der Waals surface area contributed by atoms with Gasteiger partial charge in [0.2, 0.25) is 0 Å². The van der Waals surface area contributed by atoms with Crippen molar-refractivity contribution in [2.45, 2.75) is 24.1 Å². The van der Waals surface area contributed by atoms with Crippen LogP contribution in [-0.4, -0.2) is 26.1 Å². The first-order valence-electron chi connectivity index (χ1n) is 5.17. The van der Waals surface area contributed by atoms with Gasteiger partial charge in [-0.3, -0.25) is 0 Å². The second kappa shape index (κ2) is 5.55. The van der Waals surface area contributed by atoms with Crippen LogP contribution >= 0.6 is 11.6 Å². The summed E-state index contributed by atoms with van der Waals surface area (Å²) in [5.41, 5.74) is 0.622. The highest BCUT2D eigenvalue weighted by Crippen LogP contribution is 2.22. The third-order valence-electron chi connectivity index (χ3n) is 2.18. The minimum absolute atomic E-state index is 0.0441. The van der Waals surface area contributed by atoms with Gasteiger partial charge >= 0.3 is 0 Å². The predicted molar refractivity (Wildman–Crippen MR) is 68.0 cm³/mol. The van der Waals surface area contributed by atoms with Crippen molar-refractivity contribution in [3.05, 3.63) is 24.3 Å². The Morgan fingerprint density at radius 2 is 2.00 bits per heavy atom. The Kier molecular flexibility index (Phi) is 4.62. The van der Waals surface area contributed by atoms with Crippen molar-refractivity contribution in [2.75, 3.05) is 17.6 Å². The van der Waals surface area contributed by atoms with E-state index >= 15 is 0 Å². The van der Waals surface area contributed by atoms with E-state index in [4.69, 9.17) is 11.6 Å². The van der Waals surface area contributed by atoms with Crippen molar-refractivity contribution in [2.24, 2.45) is 0 Å². The summed E-state index contributed by atoms with van der Waals surface area (Å²) in [5.74, 6) is 0.0993. The predicted octanol–water partition coefficient (Wildman–Crippen LogP) is 2.52. The molecule has 0 saturated heterocycles. The van der Waals surface area contributed by atoms with Crippen LogP contribution in [0.1, 0.15) is 13.8 Å². The Balaban J connectivity index is 3.01. The smallest absolute Gasteiger partial charge is 0.180 e. The summed E-state index contributed by atoms with van der Waals surface area (Å²) in [7, 11) is -3.18. The van der Waals surface area contributed by atoms with Crippen LogP contribution in [0.5, 0.6) is 0 Å². The first-order valence-corrected chi connectivity index (χ1v) is 7.26. The summed E-state index contributed by atoms with van der Waals surface area (Å²) in [6.45, 7) is 4.03.